The molecule has 3 unspecified atom stereocenters. The Balaban J connectivity index is 2.29. The number of nitrogens with one attached hydrogen (secondary N) is 1. The van der Waals surface area contributed by atoms with Crippen LogP contribution in [0, 0.1) is 6.92 Å². The van der Waals surface area contributed by atoms with Gasteiger partial charge in [-0.1, -0.05) is 0 Å². The molecule has 13 heteroatoms. The molecular formula is C11H19N3O7S3. The van der Waals surface area contributed by atoms with Gasteiger partial charge in [-0.15, -0.1) is 9.32 Å². The van der Waals surface area contributed by atoms with Gasteiger partial charge in [-0.3, -0.25) is 8.74 Å². The molecule has 0 aliphatic heterocycles. The first kappa shape index (κ1) is 19.8. The van der Waals surface area contributed by atoms with E-state index in [-0.39, 0.29) is 31.3 Å². The average Bonchev–Trinajstić information content (AvgIpc) is 2.87. The van der Waals surface area contributed by atoms with Gasteiger partial charge in [0.15, 0.2) is 18.1 Å². The maximum absolute atomic E-state index is 11.8. The highest BCUT2D eigenvalue weighted by Gasteiger charge is 2.41. The molecule has 0 radical (unpaired) electrons. The van der Waals surface area contributed by atoms with E-state index in [1.165, 1.54) is 4.68 Å². The smallest absolute Gasteiger partial charge is 0.269 e. The summed E-state index contributed by atoms with van der Waals surface area (Å²) in [5.41, 5.74) is 3.16. The first-order valence-corrected chi connectivity index (χ1v) is 10.3. The summed E-state index contributed by atoms with van der Waals surface area (Å²) >= 11 is 1.22. The summed E-state index contributed by atoms with van der Waals surface area (Å²) in [6, 6.07) is 0.954. The summed E-state index contributed by atoms with van der Waals surface area (Å²) in [5.74, 6) is 0.373. The Morgan fingerprint density at radius 3 is 2.83 bits per heavy atom. The summed E-state index contributed by atoms with van der Waals surface area (Å²) < 4.78 is 53.1. The van der Waals surface area contributed by atoms with E-state index in [0.717, 1.165) is 12.0 Å². The van der Waals surface area contributed by atoms with Gasteiger partial charge in [0.05, 0.1) is 17.8 Å². The molecule has 1 aromatic heterocycles. The van der Waals surface area contributed by atoms with Crippen molar-refractivity contribution in [2.45, 2.75) is 43.6 Å². The molecule has 138 valence electrons. The molecule has 1 saturated carbocycles. The van der Waals surface area contributed by atoms with Crippen molar-refractivity contribution in [1.29, 1.82) is 0 Å². The SMILES string of the molecule is CSOONc1cc(C)nn1C1CC(OSO)CCC1S(=O)(=O)O. The standard InChI is InChI=1S/C11H19N3O7S3/c1-7-5-11(13-20-21-22-2)14(12-7)9-6-8(19-23-15)3-4-10(9)24(16,17)18/h5,8-10,13,15H,3-4,6H2,1-2H3,(H,16,17,18). The Labute approximate surface area is 148 Å². The molecule has 1 fully saturated rings. The van der Waals surface area contributed by atoms with E-state index in [1.807, 2.05) is 0 Å². The number of nitrogens with zero attached hydrogens (tertiary/aromatic N) is 2. The number of aryl methyl sites for hydroxylation is 1. The third-order valence-corrected chi connectivity index (χ3v) is 5.57. The van der Waals surface area contributed by atoms with Crippen LogP contribution in [0.1, 0.15) is 31.0 Å². The second kappa shape index (κ2) is 8.71. The molecule has 1 aliphatic rings. The molecule has 0 spiro atoms. The predicted octanol–water partition coefficient (Wildman–Crippen LogP) is 2.23. The highest BCUT2D eigenvalue weighted by atomic mass is 32.2. The van der Waals surface area contributed by atoms with Gasteiger partial charge in [0.1, 0.15) is 5.25 Å². The molecule has 24 heavy (non-hydrogen) atoms. The number of hydrogen-bond acceptors (Lipinski definition) is 10. The van der Waals surface area contributed by atoms with Crippen LogP contribution in [0.15, 0.2) is 6.07 Å². The van der Waals surface area contributed by atoms with Gasteiger partial charge in [0, 0.05) is 24.4 Å². The summed E-state index contributed by atoms with van der Waals surface area (Å²) in [7, 11) is -4.28. The van der Waals surface area contributed by atoms with E-state index in [4.69, 9.17) is 13.7 Å². The van der Waals surface area contributed by atoms with Gasteiger partial charge in [-0.2, -0.15) is 13.5 Å². The average molecular weight is 401 g/mol. The van der Waals surface area contributed by atoms with Gasteiger partial charge in [-0.05, 0) is 26.2 Å². The lowest BCUT2D eigenvalue weighted by atomic mass is 9.92. The van der Waals surface area contributed by atoms with Crippen LogP contribution in [0.4, 0.5) is 5.82 Å². The summed E-state index contributed by atoms with van der Waals surface area (Å²) in [5, 5.41) is 3.24. The van der Waals surface area contributed by atoms with Crippen molar-refractivity contribution in [2.75, 3.05) is 11.7 Å². The van der Waals surface area contributed by atoms with Crippen molar-refractivity contribution < 1.29 is 31.0 Å². The first-order valence-electron chi connectivity index (χ1n) is 6.98. The molecule has 1 aromatic rings. The van der Waals surface area contributed by atoms with Crippen molar-refractivity contribution in [3.63, 3.8) is 0 Å². The minimum absolute atomic E-state index is 0.176. The van der Waals surface area contributed by atoms with Gasteiger partial charge >= 0.3 is 0 Å². The molecule has 3 N–H and O–H groups in total. The van der Waals surface area contributed by atoms with Gasteiger partial charge in [-0.25, -0.2) is 10.2 Å². The van der Waals surface area contributed by atoms with Crippen LogP contribution < -0.4 is 5.48 Å². The quantitative estimate of drug-likeness (QED) is 0.195. The molecule has 3 atom stereocenters. The third-order valence-electron chi connectivity index (χ3n) is 3.69. The van der Waals surface area contributed by atoms with Crippen LogP contribution in [0.5, 0.6) is 0 Å². The maximum Gasteiger partial charge on any atom is 0.269 e. The zero-order chi connectivity index (χ0) is 17.7. The molecule has 1 aliphatic carbocycles. The molecular weight excluding hydrogens is 382 g/mol. The molecule has 10 nitrogen and oxygen atoms in total. The Morgan fingerprint density at radius 2 is 2.21 bits per heavy atom. The molecule has 0 aromatic carbocycles. The van der Waals surface area contributed by atoms with Crippen LogP contribution in [-0.2, 0) is 23.6 Å². The number of hydrogen-bond donors (Lipinski definition) is 3. The zero-order valence-electron chi connectivity index (χ0n) is 13.0. The fraction of sp³-hybridized carbons (Fsp3) is 0.727. The van der Waals surface area contributed by atoms with Crippen molar-refractivity contribution in [3.8, 4) is 0 Å². The van der Waals surface area contributed by atoms with E-state index >= 15 is 0 Å². The fourth-order valence-corrected chi connectivity index (χ4v) is 4.23. The third kappa shape index (κ3) is 4.98. The predicted molar refractivity (Wildman–Crippen MR) is 89.6 cm³/mol. The second-order valence-electron chi connectivity index (χ2n) is 5.26. The van der Waals surface area contributed by atoms with E-state index < -0.39 is 21.4 Å². The highest BCUT2D eigenvalue weighted by molar-refractivity contribution is 7.93. The summed E-state index contributed by atoms with van der Waals surface area (Å²) in [6.07, 6.45) is 2.10. The first-order chi connectivity index (χ1) is 11.4. The number of rotatable bonds is 8. The molecule has 0 amide bonds. The molecule has 0 bridgehead atoms. The lowest BCUT2D eigenvalue weighted by molar-refractivity contribution is -0.161. The normalized spacial score (nSPS) is 24.9. The zero-order valence-corrected chi connectivity index (χ0v) is 15.4. The van der Waals surface area contributed by atoms with E-state index in [1.54, 1.807) is 19.2 Å². The maximum atomic E-state index is 11.8. The van der Waals surface area contributed by atoms with Crippen LogP contribution in [0.25, 0.3) is 0 Å². The van der Waals surface area contributed by atoms with E-state index in [0.29, 0.717) is 17.9 Å². The van der Waals surface area contributed by atoms with Gasteiger partial charge in [0.25, 0.3) is 10.1 Å². The van der Waals surface area contributed by atoms with Crippen molar-refractivity contribution in [1.82, 2.24) is 9.78 Å². The lowest BCUT2D eigenvalue weighted by Gasteiger charge is -2.34. The second-order valence-corrected chi connectivity index (χ2v) is 7.71. The lowest BCUT2D eigenvalue weighted by Crippen LogP contribution is -2.40. The Kier molecular flexibility index (Phi) is 7.18. The van der Waals surface area contributed by atoms with Crippen LogP contribution in [0.3, 0.4) is 0 Å². The summed E-state index contributed by atoms with van der Waals surface area (Å²) in [4.78, 5) is 4.77. The largest absolute Gasteiger partial charge is 0.307 e. The van der Waals surface area contributed by atoms with Crippen molar-refractivity contribution in [2.24, 2.45) is 0 Å². The minimum atomic E-state index is -4.28. The number of aromatic nitrogens is 2. The molecule has 2 rings (SSSR count). The van der Waals surface area contributed by atoms with E-state index in [2.05, 4.69) is 14.9 Å². The van der Waals surface area contributed by atoms with Crippen molar-refractivity contribution >= 4 is 40.3 Å². The van der Waals surface area contributed by atoms with E-state index in [9.17, 15) is 13.0 Å². The monoisotopic (exact) mass is 401 g/mol. The Hall–Kier alpha value is -0.540. The highest BCUT2D eigenvalue weighted by Crippen LogP contribution is 2.37. The van der Waals surface area contributed by atoms with Gasteiger partial charge in [0.2, 0.25) is 0 Å². The number of anilines is 1. The molecule has 0 saturated heterocycles. The van der Waals surface area contributed by atoms with Crippen molar-refractivity contribution in [3.05, 3.63) is 11.8 Å². The van der Waals surface area contributed by atoms with Crippen LogP contribution >= 0.6 is 24.4 Å². The van der Waals surface area contributed by atoms with Gasteiger partial charge < -0.3 is 4.55 Å². The van der Waals surface area contributed by atoms with Crippen LogP contribution in [-0.4, -0.2) is 44.9 Å². The Morgan fingerprint density at radius 1 is 1.46 bits per heavy atom. The fourth-order valence-electron chi connectivity index (χ4n) is 2.77. The minimum Gasteiger partial charge on any atom is -0.307 e. The topological polar surface area (TPSA) is 132 Å². The summed E-state index contributed by atoms with van der Waals surface area (Å²) in [6.45, 7) is 1.74. The van der Waals surface area contributed by atoms with Crippen LogP contribution in [0.2, 0.25) is 0 Å². The Bertz CT molecular complexity index is 639. The molecule has 1 heterocycles.